The normalized spacial score (nSPS) is 10.9. The second-order valence-corrected chi connectivity index (χ2v) is 3.55. The first-order valence-electron chi connectivity index (χ1n) is 5.11. The molecule has 1 aromatic carbocycles. The molecule has 82 valence electrons. The summed E-state index contributed by atoms with van der Waals surface area (Å²) in [6.45, 7) is 2.02. The van der Waals surface area contributed by atoms with E-state index in [-0.39, 0.29) is 0 Å². The van der Waals surface area contributed by atoms with Crippen LogP contribution in [-0.2, 0) is 0 Å². The summed E-state index contributed by atoms with van der Waals surface area (Å²) in [6, 6.07) is 11.7. The van der Waals surface area contributed by atoms with Gasteiger partial charge in [-0.25, -0.2) is 0 Å². The lowest BCUT2D eigenvalue weighted by Gasteiger charge is -1.98. The quantitative estimate of drug-likeness (QED) is 0.783. The minimum atomic E-state index is 0.842. The summed E-state index contributed by atoms with van der Waals surface area (Å²) in [5.74, 6) is 0.842. The topological polar surface area (TPSA) is 37.4 Å². The monoisotopic (exact) mass is 214 g/mol. The first-order valence-corrected chi connectivity index (χ1v) is 5.11. The van der Waals surface area contributed by atoms with Gasteiger partial charge in [-0.3, -0.25) is 4.99 Å². The molecule has 0 atom stereocenters. The van der Waals surface area contributed by atoms with Crippen molar-refractivity contribution >= 4 is 11.9 Å². The van der Waals surface area contributed by atoms with Crippen molar-refractivity contribution < 1.29 is 4.74 Å². The molecule has 2 rings (SSSR count). The van der Waals surface area contributed by atoms with Crippen LogP contribution in [0, 0.1) is 6.92 Å². The molecule has 1 heterocycles. The van der Waals surface area contributed by atoms with E-state index < -0.39 is 0 Å². The fourth-order valence-corrected chi connectivity index (χ4v) is 1.41. The van der Waals surface area contributed by atoms with E-state index >= 15 is 0 Å². The maximum Gasteiger partial charge on any atom is 0.119 e. The number of H-pyrrole nitrogens is 1. The molecule has 0 saturated heterocycles. The standard InChI is InChI=1S/C13H14N2O/c1-10-3-4-12(15-10)9-14-11-5-7-13(16-2)8-6-11/h3-9,15H,1-2H3. The molecular weight excluding hydrogens is 200 g/mol. The second-order valence-electron chi connectivity index (χ2n) is 3.55. The predicted octanol–water partition coefficient (Wildman–Crippen LogP) is 3.08. The predicted molar refractivity (Wildman–Crippen MR) is 65.8 cm³/mol. The fourth-order valence-electron chi connectivity index (χ4n) is 1.41. The van der Waals surface area contributed by atoms with Gasteiger partial charge in [0.25, 0.3) is 0 Å². The number of nitrogens with zero attached hydrogens (tertiary/aromatic N) is 1. The van der Waals surface area contributed by atoms with E-state index in [9.17, 15) is 0 Å². The van der Waals surface area contributed by atoms with Gasteiger partial charge in [-0.05, 0) is 43.3 Å². The molecule has 2 aromatic rings. The first kappa shape index (κ1) is 10.5. The van der Waals surface area contributed by atoms with Crippen molar-refractivity contribution in [3.8, 4) is 5.75 Å². The lowest BCUT2D eigenvalue weighted by Crippen LogP contribution is -1.81. The molecule has 0 aliphatic heterocycles. The lowest BCUT2D eigenvalue weighted by atomic mass is 10.3. The van der Waals surface area contributed by atoms with Crippen LogP contribution in [0.1, 0.15) is 11.4 Å². The smallest absolute Gasteiger partial charge is 0.119 e. The van der Waals surface area contributed by atoms with Crippen LogP contribution in [0.15, 0.2) is 41.4 Å². The number of hydrogen-bond donors (Lipinski definition) is 1. The summed E-state index contributed by atoms with van der Waals surface area (Å²) < 4.78 is 5.08. The van der Waals surface area contributed by atoms with Gasteiger partial charge in [0.2, 0.25) is 0 Å². The zero-order valence-corrected chi connectivity index (χ0v) is 9.40. The van der Waals surface area contributed by atoms with Gasteiger partial charge in [-0.2, -0.15) is 0 Å². The van der Waals surface area contributed by atoms with Gasteiger partial charge < -0.3 is 9.72 Å². The Balaban J connectivity index is 2.11. The largest absolute Gasteiger partial charge is 0.497 e. The number of aliphatic imine (C=N–C) groups is 1. The molecule has 0 aliphatic carbocycles. The molecule has 1 N–H and O–H groups in total. The lowest BCUT2D eigenvalue weighted by molar-refractivity contribution is 0.415. The second kappa shape index (κ2) is 4.66. The maximum absolute atomic E-state index is 5.08. The molecule has 3 heteroatoms. The summed E-state index contributed by atoms with van der Waals surface area (Å²) in [7, 11) is 1.65. The Bertz CT molecular complexity index is 483. The third-order valence-electron chi connectivity index (χ3n) is 2.28. The van der Waals surface area contributed by atoms with Crippen LogP contribution < -0.4 is 4.74 Å². The molecule has 0 fully saturated rings. The van der Waals surface area contributed by atoms with E-state index in [1.54, 1.807) is 7.11 Å². The summed E-state index contributed by atoms with van der Waals surface area (Å²) in [5.41, 5.74) is 3.05. The minimum Gasteiger partial charge on any atom is -0.497 e. The van der Waals surface area contributed by atoms with E-state index in [4.69, 9.17) is 4.74 Å². The molecule has 3 nitrogen and oxygen atoms in total. The number of hydrogen-bond acceptors (Lipinski definition) is 2. The number of rotatable bonds is 3. The number of aryl methyl sites for hydroxylation is 1. The molecule has 0 unspecified atom stereocenters. The Hall–Kier alpha value is -2.03. The number of aromatic amines is 1. The number of aromatic nitrogens is 1. The van der Waals surface area contributed by atoms with Crippen LogP contribution in [0.25, 0.3) is 0 Å². The molecular formula is C13H14N2O. The Kier molecular flexibility index (Phi) is 3.05. The Morgan fingerprint density at radius 2 is 1.88 bits per heavy atom. The van der Waals surface area contributed by atoms with Crippen molar-refractivity contribution in [3.63, 3.8) is 0 Å². The Morgan fingerprint density at radius 1 is 1.12 bits per heavy atom. The summed E-state index contributed by atoms with van der Waals surface area (Å²) in [6.07, 6.45) is 1.81. The number of nitrogens with one attached hydrogen (secondary N) is 1. The van der Waals surface area contributed by atoms with Gasteiger partial charge in [0.15, 0.2) is 0 Å². The fraction of sp³-hybridized carbons (Fsp3) is 0.154. The molecule has 16 heavy (non-hydrogen) atoms. The highest BCUT2D eigenvalue weighted by atomic mass is 16.5. The van der Waals surface area contributed by atoms with Gasteiger partial charge in [-0.15, -0.1) is 0 Å². The zero-order valence-electron chi connectivity index (χ0n) is 9.40. The molecule has 1 aromatic heterocycles. The maximum atomic E-state index is 5.08. The third-order valence-corrected chi connectivity index (χ3v) is 2.28. The van der Waals surface area contributed by atoms with E-state index in [1.165, 1.54) is 0 Å². The average Bonchev–Trinajstić information content (AvgIpc) is 2.73. The highest BCUT2D eigenvalue weighted by molar-refractivity contribution is 5.79. The van der Waals surface area contributed by atoms with E-state index in [2.05, 4.69) is 9.98 Å². The SMILES string of the molecule is COc1ccc(N=Cc2ccc(C)[nH]2)cc1. The van der Waals surface area contributed by atoms with E-state index in [0.717, 1.165) is 22.8 Å². The summed E-state index contributed by atoms with van der Waals surface area (Å²) in [4.78, 5) is 7.55. The highest BCUT2D eigenvalue weighted by Crippen LogP contribution is 2.17. The van der Waals surface area contributed by atoms with E-state index in [1.807, 2.05) is 49.5 Å². The van der Waals surface area contributed by atoms with Gasteiger partial charge in [-0.1, -0.05) is 0 Å². The molecule has 0 amide bonds. The van der Waals surface area contributed by atoms with Gasteiger partial charge >= 0.3 is 0 Å². The van der Waals surface area contributed by atoms with Crippen molar-refractivity contribution in [1.82, 2.24) is 4.98 Å². The zero-order chi connectivity index (χ0) is 11.4. The Morgan fingerprint density at radius 3 is 2.44 bits per heavy atom. The van der Waals surface area contributed by atoms with Crippen molar-refractivity contribution in [2.75, 3.05) is 7.11 Å². The molecule has 0 spiro atoms. The van der Waals surface area contributed by atoms with Crippen LogP contribution in [-0.4, -0.2) is 18.3 Å². The number of ether oxygens (including phenoxy) is 1. The number of benzene rings is 1. The van der Waals surface area contributed by atoms with Crippen LogP contribution in [0.5, 0.6) is 5.75 Å². The van der Waals surface area contributed by atoms with Crippen molar-refractivity contribution in [2.45, 2.75) is 6.92 Å². The Labute approximate surface area is 94.8 Å². The summed E-state index contributed by atoms with van der Waals surface area (Å²) >= 11 is 0. The highest BCUT2D eigenvalue weighted by Gasteiger charge is 1.92. The van der Waals surface area contributed by atoms with Crippen molar-refractivity contribution in [1.29, 1.82) is 0 Å². The number of methoxy groups -OCH3 is 1. The van der Waals surface area contributed by atoms with Gasteiger partial charge in [0.05, 0.1) is 24.7 Å². The third kappa shape index (κ3) is 2.51. The summed E-state index contributed by atoms with van der Waals surface area (Å²) in [5, 5.41) is 0. The first-order chi connectivity index (χ1) is 7.78. The van der Waals surface area contributed by atoms with Crippen molar-refractivity contribution in [2.24, 2.45) is 4.99 Å². The minimum absolute atomic E-state index is 0.842. The van der Waals surface area contributed by atoms with Gasteiger partial charge in [0.1, 0.15) is 5.75 Å². The molecule has 0 radical (unpaired) electrons. The van der Waals surface area contributed by atoms with E-state index in [0.29, 0.717) is 0 Å². The van der Waals surface area contributed by atoms with Crippen LogP contribution in [0.3, 0.4) is 0 Å². The molecule has 0 aliphatic rings. The average molecular weight is 214 g/mol. The molecule has 0 saturated carbocycles. The molecule has 0 bridgehead atoms. The van der Waals surface area contributed by atoms with Crippen LogP contribution >= 0.6 is 0 Å². The van der Waals surface area contributed by atoms with Crippen LogP contribution in [0.4, 0.5) is 5.69 Å². The van der Waals surface area contributed by atoms with Gasteiger partial charge in [0, 0.05) is 5.69 Å². The van der Waals surface area contributed by atoms with Crippen molar-refractivity contribution in [3.05, 3.63) is 47.8 Å². The van der Waals surface area contributed by atoms with Crippen LogP contribution in [0.2, 0.25) is 0 Å².